The molecule has 0 amide bonds. The third-order valence-corrected chi connectivity index (χ3v) is 4.99. The number of nitrogens with two attached hydrogens (primary N) is 1. The molecule has 25 heavy (non-hydrogen) atoms. The number of ether oxygens (including phenoxy) is 1. The Morgan fingerprint density at radius 2 is 1.76 bits per heavy atom. The number of primary sulfonamides is 1. The Kier molecular flexibility index (Phi) is 4.32. The molecule has 0 saturated heterocycles. The van der Waals surface area contributed by atoms with Crippen LogP contribution < -0.4 is 9.88 Å². The average molecular weight is 355 g/mol. The van der Waals surface area contributed by atoms with Crippen LogP contribution in [0, 0.1) is 6.92 Å². The van der Waals surface area contributed by atoms with E-state index in [1.54, 1.807) is 25.1 Å². The van der Waals surface area contributed by atoms with Gasteiger partial charge in [-0.3, -0.25) is 4.79 Å². The lowest BCUT2D eigenvalue weighted by atomic mass is 9.95. The molecule has 0 radical (unpaired) electrons. The Labute approximate surface area is 146 Å². The molecule has 6 heteroatoms. The molecule has 0 aromatic heterocycles. The highest BCUT2D eigenvalue weighted by atomic mass is 32.2. The predicted molar refractivity (Wildman–Crippen MR) is 96.5 cm³/mol. The zero-order valence-corrected chi connectivity index (χ0v) is 14.6. The number of ketones is 1. The topological polar surface area (TPSA) is 86.5 Å². The summed E-state index contributed by atoms with van der Waals surface area (Å²) in [5.74, 6) is -0.0630. The molecule has 0 fully saturated rings. The monoisotopic (exact) mass is 355 g/mol. The number of fused-ring (bicyclic) bond motifs is 1. The fraction of sp³-hybridized carbons (Fsp3) is 0.105. The van der Waals surface area contributed by atoms with E-state index in [4.69, 9.17) is 9.88 Å². The molecule has 3 aromatic rings. The van der Waals surface area contributed by atoms with Gasteiger partial charge in [0.25, 0.3) is 0 Å². The van der Waals surface area contributed by atoms with E-state index in [1.165, 1.54) is 19.2 Å². The lowest BCUT2D eigenvalue weighted by Gasteiger charge is -2.13. The standard InChI is InChI=1S/C19H17NO4S/c1-12-7-10-17(25(20,22)23)15(11-12)19(21)18-14-6-4-3-5-13(14)8-9-16(18)24-2/h3-11H,1-2H3,(H2,20,22,23). The van der Waals surface area contributed by atoms with Gasteiger partial charge in [-0.05, 0) is 35.9 Å². The van der Waals surface area contributed by atoms with Crippen molar-refractivity contribution in [1.29, 1.82) is 0 Å². The highest BCUT2D eigenvalue weighted by molar-refractivity contribution is 7.89. The number of carbonyl (C=O) groups excluding carboxylic acids is 1. The largest absolute Gasteiger partial charge is 0.496 e. The number of benzene rings is 3. The van der Waals surface area contributed by atoms with Crippen molar-refractivity contribution in [1.82, 2.24) is 0 Å². The summed E-state index contributed by atoms with van der Waals surface area (Å²) in [5.41, 5.74) is 1.11. The van der Waals surface area contributed by atoms with Crippen LogP contribution in [0.3, 0.4) is 0 Å². The van der Waals surface area contributed by atoms with E-state index in [1.807, 2.05) is 24.3 Å². The quantitative estimate of drug-likeness (QED) is 0.729. The number of sulfonamides is 1. The van der Waals surface area contributed by atoms with Gasteiger partial charge in [0, 0.05) is 5.56 Å². The maximum atomic E-state index is 13.3. The lowest BCUT2D eigenvalue weighted by Crippen LogP contribution is -2.18. The number of rotatable bonds is 4. The van der Waals surface area contributed by atoms with Crippen molar-refractivity contribution in [2.24, 2.45) is 5.14 Å². The molecule has 0 aliphatic carbocycles. The molecule has 128 valence electrons. The van der Waals surface area contributed by atoms with Gasteiger partial charge in [-0.2, -0.15) is 0 Å². The number of hydrogen-bond donors (Lipinski definition) is 1. The summed E-state index contributed by atoms with van der Waals surface area (Å²) in [7, 11) is -2.57. The second kappa shape index (κ2) is 6.31. The molecule has 3 aromatic carbocycles. The molecule has 0 aliphatic heterocycles. The van der Waals surface area contributed by atoms with E-state index >= 15 is 0 Å². The van der Waals surface area contributed by atoms with Crippen LogP contribution in [0.25, 0.3) is 10.8 Å². The Hall–Kier alpha value is -2.70. The van der Waals surface area contributed by atoms with Gasteiger partial charge in [-0.15, -0.1) is 0 Å². The average Bonchev–Trinajstić information content (AvgIpc) is 2.59. The lowest BCUT2D eigenvalue weighted by molar-refractivity contribution is 0.103. The summed E-state index contributed by atoms with van der Waals surface area (Å²) >= 11 is 0. The summed E-state index contributed by atoms with van der Waals surface area (Å²) in [5, 5.41) is 6.84. The number of methoxy groups -OCH3 is 1. The molecule has 0 atom stereocenters. The predicted octanol–water partition coefficient (Wildman–Crippen LogP) is 3.04. The highest BCUT2D eigenvalue weighted by Crippen LogP contribution is 2.31. The first-order valence-electron chi connectivity index (χ1n) is 7.57. The molecule has 5 nitrogen and oxygen atoms in total. The van der Waals surface area contributed by atoms with Gasteiger partial charge < -0.3 is 4.74 Å². The van der Waals surface area contributed by atoms with E-state index in [0.717, 1.165) is 10.9 Å². The van der Waals surface area contributed by atoms with Crippen LogP contribution in [0.4, 0.5) is 0 Å². The van der Waals surface area contributed by atoms with Crippen LogP contribution in [0.1, 0.15) is 21.5 Å². The van der Waals surface area contributed by atoms with Crippen molar-refractivity contribution in [3.05, 3.63) is 71.3 Å². The molecule has 2 N–H and O–H groups in total. The van der Waals surface area contributed by atoms with Crippen LogP contribution in [0.15, 0.2) is 59.5 Å². The van der Waals surface area contributed by atoms with Crippen LogP contribution >= 0.6 is 0 Å². The first kappa shape index (κ1) is 17.1. The zero-order chi connectivity index (χ0) is 18.2. The molecule has 0 heterocycles. The molecule has 0 aliphatic rings. The van der Waals surface area contributed by atoms with Crippen molar-refractivity contribution in [3.8, 4) is 5.75 Å². The van der Waals surface area contributed by atoms with E-state index in [9.17, 15) is 13.2 Å². The van der Waals surface area contributed by atoms with Gasteiger partial charge in [0.05, 0.1) is 17.6 Å². The molecule has 0 saturated carbocycles. The normalized spacial score (nSPS) is 11.5. The maximum absolute atomic E-state index is 13.3. The summed E-state index contributed by atoms with van der Waals surface area (Å²) in [4.78, 5) is 13.1. The van der Waals surface area contributed by atoms with Gasteiger partial charge in [-0.25, -0.2) is 13.6 Å². The minimum Gasteiger partial charge on any atom is -0.496 e. The summed E-state index contributed by atoms with van der Waals surface area (Å²) in [6.07, 6.45) is 0. The van der Waals surface area contributed by atoms with Crippen molar-refractivity contribution in [3.63, 3.8) is 0 Å². The van der Waals surface area contributed by atoms with Gasteiger partial charge >= 0.3 is 0 Å². The summed E-state index contributed by atoms with van der Waals surface area (Å²) in [6, 6.07) is 15.4. The number of carbonyl (C=O) groups is 1. The van der Waals surface area contributed by atoms with E-state index in [-0.39, 0.29) is 10.5 Å². The van der Waals surface area contributed by atoms with Gasteiger partial charge in [0.2, 0.25) is 10.0 Å². The van der Waals surface area contributed by atoms with E-state index < -0.39 is 15.8 Å². The minimum atomic E-state index is -4.04. The van der Waals surface area contributed by atoms with Crippen LogP contribution in [-0.4, -0.2) is 21.3 Å². The van der Waals surface area contributed by atoms with Crippen molar-refractivity contribution < 1.29 is 17.9 Å². The minimum absolute atomic E-state index is 0.0390. The highest BCUT2D eigenvalue weighted by Gasteiger charge is 2.24. The Morgan fingerprint density at radius 3 is 2.44 bits per heavy atom. The first-order chi connectivity index (χ1) is 11.8. The molecule has 0 unspecified atom stereocenters. The third kappa shape index (κ3) is 3.14. The van der Waals surface area contributed by atoms with Crippen LogP contribution in [0.5, 0.6) is 5.75 Å². The van der Waals surface area contributed by atoms with Crippen molar-refractivity contribution >= 4 is 26.6 Å². The number of aryl methyl sites for hydroxylation is 1. The SMILES string of the molecule is COc1ccc2ccccc2c1C(=O)c1cc(C)ccc1S(N)(=O)=O. The summed E-state index contributed by atoms with van der Waals surface area (Å²) < 4.78 is 29.2. The fourth-order valence-corrected chi connectivity index (χ4v) is 3.58. The summed E-state index contributed by atoms with van der Waals surface area (Å²) in [6.45, 7) is 1.78. The third-order valence-electron chi connectivity index (χ3n) is 4.02. The smallest absolute Gasteiger partial charge is 0.238 e. The molecule has 0 spiro atoms. The van der Waals surface area contributed by atoms with Crippen LogP contribution in [0.2, 0.25) is 0 Å². The van der Waals surface area contributed by atoms with Crippen molar-refractivity contribution in [2.75, 3.05) is 7.11 Å². The first-order valence-corrected chi connectivity index (χ1v) is 9.11. The Morgan fingerprint density at radius 1 is 1.04 bits per heavy atom. The second-order valence-electron chi connectivity index (χ2n) is 5.74. The van der Waals surface area contributed by atoms with Gasteiger partial charge in [-0.1, -0.05) is 42.0 Å². The van der Waals surface area contributed by atoms with E-state index in [0.29, 0.717) is 16.7 Å². The second-order valence-corrected chi connectivity index (χ2v) is 7.27. The van der Waals surface area contributed by atoms with E-state index in [2.05, 4.69) is 0 Å². The van der Waals surface area contributed by atoms with Crippen molar-refractivity contribution in [2.45, 2.75) is 11.8 Å². The maximum Gasteiger partial charge on any atom is 0.238 e. The van der Waals surface area contributed by atoms with Gasteiger partial charge in [0.15, 0.2) is 5.78 Å². The number of hydrogen-bond acceptors (Lipinski definition) is 4. The Bertz CT molecular complexity index is 1090. The van der Waals surface area contributed by atoms with Gasteiger partial charge in [0.1, 0.15) is 5.75 Å². The Balaban J connectivity index is 2.34. The molecule has 0 bridgehead atoms. The van der Waals surface area contributed by atoms with Crippen LogP contribution in [-0.2, 0) is 10.0 Å². The zero-order valence-electron chi connectivity index (χ0n) is 13.8. The molecular formula is C19H17NO4S. The molecule has 3 rings (SSSR count). The molecular weight excluding hydrogens is 338 g/mol. The fourth-order valence-electron chi connectivity index (χ4n) is 2.86.